The first-order chi connectivity index (χ1) is 23.9. The number of piperazine rings is 1. The van der Waals surface area contributed by atoms with E-state index in [1.165, 1.54) is 11.1 Å². The van der Waals surface area contributed by atoms with E-state index in [0.29, 0.717) is 18.1 Å². The van der Waals surface area contributed by atoms with Gasteiger partial charge in [0.05, 0.1) is 34.6 Å². The van der Waals surface area contributed by atoms with Gasteiger partial charge in [-0.05, 0) is 118 Å². The minimum atomic E-state index is -1.50. The lowest BCUT2D eigenvalue weighted by Crippen LogP contribution is -2.49. The first-order valence-corrected chi connectivity index (χ1v) is 21.5. The van der Waals surface area contributed by atoms with Crippen molar-refractivity contribution >= 4 is 45.2 Å². The summed E-state index contributed by atoms with van der Waals surface area (Å²) in [5.41, 5.74) is 3.82. The number of ether oxygens (including phenoxy) is 1. The molecule has 2 aromatic rings. The molecule has 2 aromatic carbocycles. The first-order valence-electron chi connectivity index (χ1n) is 18.4. The van der Waals surface area contributed by atoms with Crippen molar-refractivity contribution in [3.63, 3.8) is 0 Å². The Kier molecular flexibility index (Phi) is 12.3. The summed E-state index contributed by atoms with van der Waals surface area (Å²) in [5.74, 6) is 1.30. The third-order valence-electron chi connectivity index (χ3n) is 12.0. The average molecular weight is 747 g/mol. The summed E-state index contributed by atoms with van der Waals surface area (Å²) in [6, 6.07) is 11.9. The van der Waals surface area contributed by atoms with E-state index in [-0.39, 0.29) is 34.5 Å². The number of aliphatic hydroxyl groups is 1. The number of fused-ring (bicyclic) bond motifs is 4. The van der Waals surface area contributed by atoms with Crippen molar-refractivity contribution in [3.8, 4) is 5.75 Å². The number of carbonyl (C=O) groups excluding carboxylic acids is 1. The number of nitrogens with zero attached hydrogens (tertiary/aromatic N) is 3. The van der Waals surface area contributed by atoms with Crippen LogP contribution >= 0.6 is 11.6 Å². The summed E-state index contributed by atoms with van der Waals surface area (Å²) in [7, 11) is -0.163. The molecular weight excluding hydrogens is 692 g/mol. The molecule has 1 amide bonds. The van der Waals surface area contributed by atoms with Crippen LogP contribution < -0.4 is 14.4 Å². The van der Waals surface area contributed by atoms with E-state index >= 15 is 0 Å². The molecule has 3 aliphatic heterocycles. The predicted molar refractivity (Wildman–Crippen MR) is 204 cm³/mol. The van der Waals surface area contributed by atoms with Crippen molar-refractivity contribution in [3.05, 3.63) is 58.1 Å². The van der Waals surface area contributed by atoms with Gasteiger partial charge in [-0.25, -0.2) is 12.7 Å². The van der Waals surface area contributed by atoms with Crippen LogP contribution in [0.15, 0.2) is 36.4 Å². The number of hydrogen-bond acceptors (Lipinski definition) is 7. The highest BCUT2D eigenvalue weighted by Gasteiger charge is 2.44. The third-order valence-corrected chi connectivity index (χ3v) is 14.9. The standard InChI is InChI=1S/C32H41ClN2O4S.C6H14N2OS/c1-20-5-3-7-29(36)26-11-8-24(26)17-35-18-32(14-4-6-22-15-25(33)10-12-27(22)32)19-39-30-13-9-23(16-28(30)35)31(37)34-40(38)21(20)2;1-7-3-5-8(6-4-7)10(2)9/h9-10,12-13,15-16,20-21,24,26,29,36H,3-8,11,14,17-19H2,1-2H3,(H,34,37);3-6H2,1-2H3/t20?,21?,24?,26?,29?,32-,40?;/m0./s1. The van der Waals surface area contributed by atoms with Crippen LogP contribution in [0.2, 0.25) is 5.02 Å². The Bertz CT molecular complexity index is 1570. The number of halogens is 1. The molecule has 2 fully saturated rings. The van der Waals surface area contributed by atoms with Gasteiger partial charge in [-0.2, -0.15) is 0 Å². The monoisotopic (exact) mass is 746 g/mol. The largest absolute Gasteiger partial charge is 0.490 e. The molecule has 12 heteroatoms. The van der Waals surface area contributed by atoms with E-state index in [2.05, 4.69) is 40.6 Å². The molecule has 2 bridgehead atoms. The van der Waals surface area contributed by atoms with Crippen molar-refractivity contribution in [1.29, 1.82) is 0 Å². The molecule has 2 N–H and O–H groups in total. The summed E-state index contributed by atoms with van der Waals surface area (Å²) in [5, 5.41) is 11.8. The summed E-state index contributed by atoms with van der Waals surface area (Å²) in [6.07, 6.45) is 9.21. The van der Waals surface area contributed by atoms with Gasteiger partial charge < -0.3 is 19.6 Å². The number of rotatable bonds is 1. The van der Waals surface area contributed by atoms with Gasteiger partial charge >= 0.3 is 0 Å². The minimum Gasteiger partial charge on any atom is -0.490 e. The normalized spacial score (nSPS) is 32.9. The highest BCUT2D eigenvalue weighted by atomic mass is 35.5. The second-order valence-electron chi connectivity index (χ2n) is 15.4. The average Bonchev–Trinajstić information content (AvgIpc) is 3.23. The van der Waals surface area contributed by atoms with Gasteiger partial charge in [0.1, 0.15) is 16.7 Å². The van der Waals surface area contributed by atoms with E-state index < -0.39 is 22.0 Å². The molecule has 2 aliphatic carbocycles. The number of benzene rings is 2. The van der Waals surface area contributed by atoms with E-state index in [1.54, 1.807) is 12.3 Å². The minimum absolute atomic E-state index is 0.175. The summed E-state index contributed by atoms with van der Waals surface area (Å²) in [6.45, 7) is 10.1. The highest BCUT2D eigenvalue weighted by molar-refractivity contribution is 7.84. The van der Waals surface area contributed by atoms with Crippen LogP contribution in [-0.2, 0) is 33.8 Å². The van der Waals surface area contributed by atoms with E-state index in [0.717, 1.165) is 107 Å². The van der Waals surface area contributed by atoms with Crippen molar-refractivity contribution in [1.82, 2.24) is 13.9 Å². The number of carbonyl (C=O) groups is 1. The molecule has 0 aromatic heterocycles. The molecule has 8 atom stereocenters. The highest BCUT2D eigenvalue weighted by Crippen LogP contribution is 2.47. The van der Waals surface area contributed by atoms with Crippen LogP contribution in [-0.4, -0.2) is 99.2 Å². The maximum atomic E-state index is 13.3. The molecule has 7 unspecified atom stereocenters. The zero-order valence-electron chi connectivity index (χ0n) is 30.1. The Labute approximate surface area is 308 Å². The summed E-state index contributed by atoms with van der Waals surface area (Å²) >= 11 is 6.39. The van der Waals surface area contributed by atoms with Crippen molar-refractivity contribution in [2.24, 2.45) is 17.8 Å². The number of aryl methyl sites for hydroxylation is 1. The molecule has 3 heterocycles. The predicted octanol–water partition coefficient (Wildman–Crippen LogP) is 5.33. The number of hydrogen-bond donors (Lipinski definition) is 2. The number of anilines is 1. The van der Waals surface area contributed by atoms with Crippen LogP contribution in [0.1, 0.15) is 80.3 Å². The van der Waals surface area contributed by atoms with E-state index in [1.807, 2.05) is 29.4 Å². The first kappa shape index (κ1) is 37.7. The Morgan fingerprint density at radius 3 is 2.54 bits per heavy atom. The Hall–Kier alpha value is -2.02. The van der Waals surface area contributed by atoms with Crippen LogP contribution in [0.4, 0.5) is 5.69 Å². The lowest BCUT2D eigenvalue weighted by atomic mass is 9.68. The van der Waals surface area contributed by atoms with E-state index in [4.69, 9.17) is 16.3 Å². The zero-order valence-corrected chi connectivity index (χ0v) is 32.5. The van der Waals surface area contributed by atoms with Gasteiger partial charge in [0, 0.05) is 61.5 Å². The van der Waals surface area contributed by atoms with Crippen molar-refractivity contribution in [2.45, 2.75) is 82.0 Å². The topological polar surface area (TPSA) is 102 Å². The summed E-state index contributed by atoms with van der Waals surface area (Å²) < 4.78 is 35.3. The quantitative estimate of drug-likeness (QED) is 0.407. The fourth-order valence-electron chi connectivity index (χ4n) is 8.46. The van der Waals surface area contributed by atoms with Crippen LogP contribution in [0.5, 0.6) is 5.75 Å². The SMILES string of the molecule is CC1CCCC(O)C2CCC2CN2C[C@@]3(CCCc4cc(Cl)ccc43)COc3ccc(cc32)C(=O)NS(=O)C1C.CN1CCN(S(C)=O)CC1. The van der Waals surface area contributed by atoms with Crippen LogP contribution in [0.3, 0.4) is 0 Å². The molecule has 7 rings (SSSR count). The van der Waals surface area contributed by atoms with Gasteiger partial charge in [0.2, 0.25) is 0 Å². The molecule has 50 heavy (non-hydrogen) atoms. The summed E-state index contributed by atoms with van der Waals surface area (Å²) in [4.78, 5) is 18.0. The number of amides is 1. The smallest absolute Gasteiger partial charge is 0.263 e. The number of likely N-dealkylation sites (N-methyl/N-ethyl adjacent to an activating group) is 1. The van der Waals surface area contributed by atoms with Crippen LogP contribution in [0, 0.1) is 17.8 Å². The molecular formula is C38H55ClN4O5S2. The van der Waals surface area contributed by atoms with Gasteiger partial charge in [-0.15, -0.1) is 0 Å². The van der Waals surface area contributed by atoms with Gasteiger partial charge in [-0.3, -0.25) is 9.52 Å². The fraction of sp³-hybridized carbons (Fsp3) is 0.658. The number of aliphatic hydroxyl groups excluding tert-OH is 1. The second kappa shape index (κ2) is 16.3. The fourth-order valence-corrected chi connectivity index (χ4v) is 10.4. The third kappa shape index (κ3) is 8.44. The number of nitrogens with one attached hydrogen (secondary N) is 1. The second-order valence-corrected chi connectivity index (χ2v) is 18.7. The molecule has 1 saturated heterocycles. The maximum Gasteiger partial charge on any atom is 0.263 e. The van der Waals surface area contributed by atoms with E-state index in [9.17, 15) is 18.3 Å². The molecule has 1 spiro atoms. The molecule has 276 valence electrons. The van der Waals surface area contributed by atoms with Crippen molar-refractivity contribution < 1.29 is 23.1 Å². The van der Waals surface area contributed by atoms with Gasteiger partial charge in [0.25, 0.3) is 5.91 Å². The van der Waals surface area contributed by atoms with Crippen molar-refractivity contribution in [2.75, 3.05) is 64.1 Å². The molecule has 5 aliphatic rings. The van der Waals surface area contributed by atoms with Crippen LogP contribution in [0.25, 0.3) is 0 Å². The van der Waals surface area contributed by atoms with Gasteiger partial charge in [0.15, 0.2) is 0 Å². The Morgan fingerprint density at radius 1 is 1.04 bits per heavy atom. The van der Waals surface area contributed by atoms with Gasteiger partial charge in [-0.1, -0.05) is 31.0 Å². The lowest BCUT2D eigenvalue weighted by Gasteiger charge is -2.46. The Morgan fingerprint density at radius 2 is 1.82 bits per heavy atom. The lowest BCUT2D eigenvalue weighted by molar-refractivity contribution is 0.00857. The molecule has 1 saturated carbocycles. The molecule has 0 radical (unpaired) electrons. The Balaban J connectivity index is 0.000000373. The molecule has 9 nitrogen and oxygen atoms in total. The maximum absolute atomic E-state index is 13.3. The zero-order chi connectivity index (χ0) is 35.6.